The van der Waals surface area contributed by atoms with Gasteiger partial charge in [0, 0.05) is 25.0 Å². The summed E-state index contributed by atoms with van der Waals surface area (Å²) in [5.41, 5.74) is 1.38. The third-order valence-corrected chi connectivity index (χ3v) is 2.93. The molecule has 1 N–H and O–H groups in total. The van der Waals surface area contributed by atoms with Crippen LogP contribution in [0.1, 0.15) is 39.1 Å². The van der Waals surface area contributed by atoms with Gasteiger partial charge in [-0.1, -0.05) is 12.1 Å². The monoisotopic (exact) mass is 273 g/mol. The van der Waals surface area contributed by atoms with E-state index in [1.54, 1.807) is 18.3 Å². The maximum Gasteiger partial charge on any atom is 0.256 e. The van der Waals surface area contributed by atoms with Crippen molar-refractivity contribution in [2.75, 3.05) is 7.05 Å². The molecule has 20 heavy (non-hydrogen) atoms. The zero-order chi connectivity index (χ0) is 14.5. The van der Waals surface area contributed by atoms with E-state index in [1.165, 1.54) is 13.2 Å². The molecule has 0 bridgehead atoms. The van der Waals surface area contributed by atoms with Crippen LogP contribution in [0.5, 0.6) is 0 Å². The van der Waals surface area contributed by atoms with Crippen molar-refractivity contribution in [2.24, 2.45) is 0 Å². The molecule has 0 aromatic carbocycles. The van der Waals surface area contributed by atoms with Crippen LogP contribution in [0.25, 0.3) is 0 Å². The van der Waals surface area contributed by atoms with Gasteiger partial charge >= 0.3 is 0 Å². The van der Waals surface area contributed by atoms with Crippen LogP contribution in [-0.2, 0) is 12.8 Å². The van der Waals surface area contributed by atoms with Crippen LogP contribution in [0.3, 0.4) is 0 Å². The minimum Gasteiger partial charge on any atom is -0.360 e. The predicted molar refractivity (Wildman–Crippen MR) is 71.5 cm³/mol. The standard InChI is InChI=1S/C14H15N3O3/c1-3-10-13(14(19)15-2)12(20-17-10)7-11(18)9-5-4-6-16-8-9/h4-6,8H,3,7H2,1-2H3,(H,15,19). The van der Waals surface area contributed by atoms with Crippen LogP contribution in [0.4, 0.5) is 0 Å². The van der Waals surface area contributed by atoms with Gasteiger partial charge in [-0.05, 0) is 18.6 Å². The molecule has 0 aliphatic rings. The number of aromatic nitrogens is 2. The fraction of sp³-hybridized carbons (Fsp3) is 0.286. The van der Waals surface area contributed by atoms with Crippen LogP contribution in [0.2, 0.25) is 0 Å². The van der Waals surface area contributed by atoms with Gasteiger partial charge in [0.05, 0.1) is 12.1 Å². The van der Waals surface area contributed by atoms with Crippen LogP contribution in [-0.4, -0.2) is 28.9 Å². The number of amides is 1. The van der Waals surface area contributed by atoms with Gasteiger partial charge in [-0.3, -0.25) is 14.6 Å². The minimum absolute atomic E-state index is 0.0125. The molecule has 2 aromatic heterocycles. The topological polar surface area (TPSA) is 85.1 Å². The van der Waals surface area contributed by atoms with E-state index < -0.39 is 0 Å². The summed E-state index contributed by atoms with van der Waals surface area (Å²) >= 11 is 0. The second-order valence-electron chi connectivity index (χ2n) is 4.20. The van der Waals surface area contributed by atoms with Crippen molar-refractivity contribution in [1.29, 1.82) is 0 Å². The largest absolute Gasteiger partial charge is 0.360 e. The zero-order valence-electron chi connectivity index (χ0n) is 11.3. The van der Waals surface area contributed by atoms with E-state index in [-0.39, 0.29) is 23.9 Å². The second-order valence-corrected chi connectivity index (χ2v) is 4.20. The smallest absolute Gasteiger partial charge is 0.256 e. The number of hydrogen-bond donors (Lipinski definition) is 1. The van der Waals surface area contributed by atoms with Gasteiger partial charge in [-0.2, -0.15) is 0 Å². The van der Waals surface area contributed by atoms with E-state index in [0.717, 1.165) is 0 Å². The first-order chi connectivity index (χ1) is 9.67. The average Bonchev–Trinajstić information content (AvgIpc) is 2.90. The molecule has 0 saturated carbocycles. The highest BCUT2D eigenvalue weighted by atomic mass is 16.5. The average molecular weight is 273 g/mol. The molecule has 0 radical (unpaired) electrons. The van der Waals surface area contributed by atoms with Crippen molar-refractivity contribution >= 4 is 11.7 Å². The van der Waals surface area contributed by atoms with E-state index in [2.05, 4.69) is 15.5 Å². The van der Waals surface area contributed by atoms with E-state index in [1.807, 2.05) is 6.92 Å². The zero-order valence-corrected chi connectivity index (χ0v) is 11.3. The molecule has 6 heteroatoms. The molecule has 0 atom stereocenters. The quantitative estimate of drug-likeness (QED) is 0.833. The summed E-state index contributed by atoms with van der Waals surface area (Å²) in [6.45, 7) is 1.87. The summed E-state index contributed by atoms with van der Waals surface area (Å²) in [5, 5.41) is 6.38. The number of carbonyl (C=O) groups excluding carboxylic acids is 2. The highest BCUT2D eigenvalue weighted by Crippen LogP contribution is 2.17. The highest BCUT2D eigenvalue weighted by molar-refractivity contribution is 6.00. The lowest BCUT2D eigenvalue weighted by Gasteiger charge is -2.02. The van der Waals surface area contributed by atoms with Crippen LogP contribution in [0, 0.1) is 0 Å². The summed E-state index contributed by atoms with van der Waals surface area (Å²) < 4.78 is 5.15. The van der Waals surface area contributed by atoms with Crippen molar-refractivity contribution in [3.8, 4) is 0 Å². The molecule has 6 nitrogen and oxygen atoms in total. The molecule has 2 rings (SSSR count). The Bertz CT molecular complexity index is 620. The number of ketones is 1. The molecule has 104 valence electrons. The van der Waals surface area contributed by atoms with Crippen molar-refractivity contribution in [3.63, 3.8) is 0 Å². The molecule has 0 unspecified atom stereocenters. The molecule has 0 saturated heterocycles. The summed E-state index contributed by atoms with van der Waals surface area (Å²) in [7, 11) is 1.53. The predicted octanol–water partition coefficient (Wildman–Crippen LogP) is 1.42. The molecule has 0 aliphatic carbocycles. The van der Waals surface area contributed by atoms with Crippen molar-refractivity contribution in [3.05, 3.63) is 47.1 Å². The van der Waals surface area contributed by atoms with Crippen LogP contribution >= 0.6 is 0 Å². The Hall–Kier alpha value is -2.50. The second kappa shape index (κ2) is 6.10. The Morgan fingerprint density at radius 3 is 2.80 bits per heavy atom. The Balaban J connectivity index is 2.28. The maximum atomic E-state index is 12.1. The first kappa shape index (κ1) is 13.9. The van der Waals surface area contributed by atoms with Crippen molar-refractivity contribution < 1.29 is 14.1 Å². The number of rotatable bonds is 5. The summed E-state index contributed by atoms with van der Waals surface area (Å²) in [6.07, 6.45) is 3.63. The molecule has 1 amide bonds. The van der Waals surface area contributed by atoms with Crippen LogP contribution < -0.4 is 5.32 Å². The van der Waals surface area contributed by atoms with Crippen molar-refractivity contribution in [1.82, 2.24) is 15.5 Å². The first-order valence-corrected chi connectivity index (χ1v) is 6.30. The number of nitrogens with one attached hydrogen (secondary N) is 1. The first-order valence-electron chi connectivity index (χ1n) is 6.30. The number of aryl methyl sites for hydroxylation is 1. The molecular weight excluding hydrogens is 258 g/mol. The van der Waals surface area contributed by atoms with Crippen LogP contribution in [0.15, 0.2) is 29.0 Å². The van der Waals surface area contributed by atoms with Gasteiger partial charge in [0.25, 0.3) is 5.91 Å². The van der Waals surface area contributed by atoms with E-state index in [9.17, 15) is 9.59 Å². The number of pyridine rings is 1. The Morgan fingerprint density at radius 2 is 2.20 bits per heavy atom. The fourth-order valence-corrected chi connectivity index (χ4v) is 1.88. The molecule has 0 aliphatic heterocycles. The van der Waals surface area contributed by atoms with Gasteiger partial charge in [0.1, 0.15) is 5.56 Å². The SMILES string of the molecule is CCc1noc(CC(=O)c2cccnc2)c1C(=O)NC. The molecule has 2 aromatic rings. The fourth-order valence-electron chi connectivity index (χ4n) is 1.88. The molecule has 2 heterocycles. The maximum absolute atomic E-state index is 12.1. The van der Waals surface area contributed by atoms with Gasteiger partial charge < -0.3 is 9.84 Å². The van der Waals surface area contributed by atoms with Crippen molar-refractivity contribution in [2.45, 2.75) is 19.8 Å². The van der Waals surface area contributed by atoms with Gasteiger partial charge in [-0.25, -0.2) is 0 Å². The lowest BCUT2D eigenvalue weighted by atomic mass is 10.0. The Labute approximate surface area is 116 Å². The van der Waals surface area contributed by atoms with Gasteiger partial charge in [0.2, 0.25) is 0 Å². The number of hydrogen-bond acceptors (Lipinski definition) is 5. The normalized spacial score (nSPS) is 10.3. The molecule has 0 spiro atoms. The Kier molecular flexibility index (Phi) is 4.24. The third-order valence-electron chi connectivity index (χ3n) is 2.93. The number of carbonyl (C=O) groups is 2. The number of nitrogens with zero attached hydrogens (tertiary/aromatic N) is 2. The lowest BCUT2D eigenvalue weighted by molar-refractivity contribution is 0.0959. The van der Waals surface area contributed by atoms with E-state index in [4.69, 9.17) is 4.52 Å². The minimum atomic E-state index is -0.294. The third kappa shape index (κ3) is 2.74. The number of Topliss-reactive ketones (excluding diaryl/α,β-unsaturated/α-hetero) is 1. The lowest BCUT2D eigenvalue weighted by Crippen LogP contribution is -2.21. The Morgan fingerprint density at radius 1 is 1.40 bits per heavy atom. The summed E-state index contributed by atoms with van der Waals surface area (Å²) in [5.74, 6) is -0.172. The molecule has 0 fully saturated rings. The molecular formula is C14H15N3O3. The highest BCUT2D eigenvalue weighted by Gasteiger charge is 2.23. The van der Waals surface area contributed by atoms with E-state index >= 15 is 0 Å². The summed E-state index contributed by atoms with van der Waals surface area (Å²) in [4.78, 5) is 27.9. The summed E-state index contributed by atoms with van der Waals surface area (Å²) in [6, 6.07) is 3.36. The van der Waals surface area contributed by atoms with E-state index in [0.29, 0.717) is 23.2 Å². The van der Waals surface area contributed by atoms with Gasteiger partial charge in [0.15, 0.2) is 11.5 Å². The van der Waals surface area contributed by atoms with Gasteiger partial charge in [-0.15, -0.1) is 0 Å².